The monoisotopic (exact) mass is 508 g/mol. The standard InChI is InChI=1S/C22H32N4O5.C3H8O2/c1-21(2,3)30-19(28)26(20(29)31-22(4,5)6)18-16-9-10-25(17(16)23-13-24-18)15-8-7-14(11-15)12-27;1-3(2,4)5/h9-10,13-15,27H,7-8,11-12H2,1-6H3;4-5H,1-2H3. The molecule has 3 rings (SSSR count). The summed E-state index contributed by atoms with van der Waals surface area (Å²) in [5, 5.41) is 26.2. The van der Waals surface area contributed by atoms with Gasteiger partial charge in [0.1, 0.15) is 23.2 Å². The molecule has 0 aromatic carbocycles. The van der Waals surface area contributed by atoms with Crippen LogP contribution in [0.3, 0.4) is 0 Å². The Bertz CT molecular complexity index is 1010. The van der Waals surface area contributed by atoms with Gasteiger partial charge in [0.2, 0.25) is 0 Å². The number of rotatable bonds is 3. The first-order valence-electron chi connectivity index (χ1n) is 12.0. The SMILES string of the molecule is CC(C)(C)OC(=O)N(C(=O)OC(C)(C)C)c1ncnc2c1ccn2C1CCC(CO)C1.CC(C)(O)O. The fourth-order valence-electron chi connectivity index (χ4n) is 3.76. The first-order valence-corrected chi connectivity index (χ1v) is 12.0. The minimum Gasteiger partial charge on any atom is -0.443 e. The zero-order chi connectivity index (χ0) is 27.5. The fraction of sp³-hybridized carbons (Fsp3) is 0.680. The van der Waals surface area contributed by atoms with Crippen molar-refractivity contribution in [2.75, 3.05) is 11.5 Å². The summed E-state index contributed by atoms with van der Waals surface area (Å²) in [6.45, 7) is 13.1. The number of carbonyl (C=O) groups is 2. The molecule has 0 saturated heterocycles. The van der Waals surface area contributed by atoms with E-state index < -0.39 is 29.2 Å². The van der Waals surface area contributed by atoms with Crippen LogP contribution < -0.4 is 4.90 Å². The Balaban J connectivity index is 0.000000830. The van der Waals surface area contributed by atoms with Crippen LogP contribution in [0.2, 0.25) is 0 Å². The van der Waals surface area contributed by atoms with Gasteiger partial charge in [-0.1, -0.05) is 0 Å². The van der Waals surface area contributed by atoms with Crippen LogP contribution in [0.25, 0.3) is 11.0 Å². The van der Waals surface area contributed by atoms with Gasteiger partial charge in [-0.15, -0.1) is 0 Å². The predicted octanol–water partition coefficient (Wildman–Crippen LogP) is 4.15. The molecule has 36 heavy (non-hydrogen) atoms. The Morgan fingerprint density at radius 3 is 1.97 bits per heavy atom. The highest BCUT2D eigenvalue weighted by atomic mass is 16.6. The number of aliphatic hydroxyl groups is 3. The molecule has 1 fully saturated rings. The number of anilines is 1. The summed E-state index contributed by atoms with van der Waals surface area (Å²) in [6.07, 6.45) is 4.20. The van der Waals surface area contributed by atoms with Gasteiger partial charge in [-0.05, 0) is 86.6 Å². The molecular formula is C25H40N4O7. The summed E-state index contributed by atoms with van der Waals surface area (Å²) in [5.74, 6) is -1.12. The summed E-state index contributed by atoms with van der Waals surface area (Å²) in [5.41, 5.74) is -0.998. The molecule has 1 aliphatic carbocycles. The van der Waals surface area contributed by atoms with E-state index in [-0.39, 0.29) is 24.4 Å². The first-order chi connectivity index (χ1) is 16.4. The highest BCUT2D eigenvalue weighted by Gasteiger charge is 2.35. The smallest absolute Gasteiger partial charge is 0.425 e. The lowest BCUT2D eigenvalue weighted by Gasteiger charge is -2.28. The van der Waals surface area contributed by atoms with Gasteiger partial charge in [0.05, 0.1) is 5.39 Å². The summed E-state index contributed by atoms with van der Waals surface area (Å²) >= 11 is 0. The molecule has 0 spiro atoms. The van der Waals surface area contributed by atoms with Crippen molar-refractivity contribution in [3.63, 3.8) is 0 Å². The maximum absolute atomic E-state index is 13.0. The molecule has 0 radical (unpaired) electrons. The van der Waals surface area contributed by atoms with Crippen LogP contribution in [0.5, 0.6) is 0 Å². The molecular weight excluding hydrogens is 468 g/mol. The third kappa shape index (κ3) is 8.72. The topological polar surface area (TPSA) is 147 Å². The van der Waals surface area contributed by atoms with Crippen molar-refractivity contribution in [1.82, 2.24) is 14.5 Å². The van der Waals surface area contributed by atoms with Crippen molar-refractivity contribution >= 4 is 29.0 Å². The number of amides is 2. The molecule has 202 valence electrons. The minimum atomic E-state index is -1.50. The normalized spacial score (nSPS) is 18.4. The highest BCUT2D eigenvalue weighted by molar-refractivity contribution is 6.13. The Morgan fingerprint density at radius 2 is 1.53 bits per heavy atom. The summed E-state index contributed by atoms with van der Waals surface area (Å²) in [4.78, 5) is 35.4. The number of hydrogen-bond donors (Lipinski definition) is 3. The van der Waals surface area contributed by atoms with E-state index in [1.54, 1.807) is 47.6 Å². The number of nitrogens with zero attached hydrogens (tertiary/aromatic N) is 4. The number of hydrogen-bond acceptors (Lipinski definition) is 9. The Morgan fingerprint density at radius 1 is 1.00 bits per heavy atom. The number of carbonyl (C=O) groups excluding carboxylic acids is 2. The number of imide groups is 1. The lowest BCUT2D eigenvalue weighted by Crippen LogP contribution is -2.44. The summed E-state index contributed by atoms with van der Waals surface area (Å²) in [6, 6.07) is 1.98. The number of ether oxygens (including phenoxy) is 2. The molecule has 11 heteroatoms. The van der Waals surface area contributed by atoms with E-state index in [0.29, 0.717) is 11.0 Å². The van der Waals surface area contributed by atoms with Crippen molar-refractivity contribution < 1.29 is 34.4 Å². The quantitative estimate of drug-likeness (QED) is 0.520. The summed E-state index contributed by atoms with van der Waals surface area (Å²) in [7, 11) is 0. The molecule has 2 aromatic rings. The van der Waals surface area contributed by atoms with Crippen molar-refractivity contribution in [2.24, 2.45) is 5.92 Å². The third-order valence-corrected chi connectivity index (χ3v) is 5.02. The van der Waals surface area contributed by atoms with Crippen LogP contribution in [-0.4, -0.2) is 65.6 Å². The molecule has 2 atom stereocenters. The van der Waals surface area contributed by atoms with Crippen LogP contribution in [-0.2, 0) is 9.47 Å². The number of aromatic nitrogens is 3. The Labute approximate surface area is 212 Å². The average molecular weight is 509 g/mol. The van der Waals surface area contributed by atoms with Crippen LogP contribution in [0, 0.1) is 5.92 Å². The van der Waals surface area contributed by atoms with E-state index in [0.717, 1.165) is 24.2 Å². The molecule has 2 heterocycles. The van der Waals surface area contributed by atoms with E-state index in [9.17, 15) is 14.7 Å². The molecule has 3 N–H and O–H groups in total. The van der Waals surface area contributed by atoms with Crippen LogP contribution in [0.1, 0.15) is 80.7 Å². The second kappa shape index (κ2) is 11.1. The molecule has 2 aromatic heterocycles. The Kier molecular flexibility index (Phi) is 9.09. The van der Waals surface area contributed by atoms with Gasteiger partial charge in [0.25, 0.3) is 0 Å². The van der Waals surface area contributed by atoms with Gasteiger partial charge in [-0.3, -0.25) is 0 Å². The second-order valence-electron chi connectivity index (χ2n) is 11.5. The fourth-order valence-corrected chi connectivity index (χ4v) is 3.76. The minimum absolute atomic E-state index is 0.115. The van der Waals surface area contributed by atoms with Gasteiger partial charge in [-0.2, -0.15) is 4.90 Å². The average Bonchev–Trinajstić information content (AvgIpc) is 3.30. The van der Waals surface area contributed by atoms with Crippen molar-refractivity contribution in [1.29, 1.82) is 0 Å². The lowest BCUT2D eigenvalue weighted by atomic mass is 10.1. The van der Waals surface area contributed by atoms with Crippen LogP contribution in [0.4, 0.5) is 15.4 Å². The van der Waals surface area contributed by atoms with Crippen LogP contribution in [0.15, 0.2) is 18.6 Å². The van der Waals surface area contributed by atoms with E-state index in [1.807, 2.05) is 10.8 Å². The van der Waals surface area contributed by atoms with Gasteiger partial charge < -0.3 is 29.4 Å². The summed E-state index contributed by atoms with van der Waals surface area (Å²) < 4.78 is 13.0. The van der Waals surface area contributed by atoms with Gasteiger partial charge in [-0.25, -0.2) is 19.6 Å². The third-order valence-electron chi connectivity index (χ3n) is 5.02. The zero-order valence-corrected chi connectivity index (χ0v) is 22.5. The number of aliphatic hydroxyl groups excluding tert-OH is 1. The molecule has 11 nitrogen and oxygen atoms in total. The van der Waals surface area contributed by atoms with Gasteiger partial charge in [0.15, 0.2) is 11.6 Å². The maximum atomic E-state index is 13.0. The van der Waals surface area contributed by atoms with Crippen LogP contribution >= 0.6 is 0 Å². The maximum Gasteiger partial charge on any atom is 0.425 e. The molecule has 0 bridgehead atoms. The molecule has 0 aliphatic heterocycles. The molecule has 1 aliphatic rings. The molecule has 2 unspecified atom stereocenters. The van der Waals surface area contributed by atoms with E-state index in [2.05, 4.69) is 9.97 Å². The van der Waals surface area contributed by atoms with Crippen molar-refractivity contribution in [2.45, 2.75) is 97.7 Å². The van der Waals surface area contributed by atoms with Gasteiger partial charge >= 0.3 is 12.2 Å². The first kappa shape index (κ1) is 29.5. The van der Waals surface area contributed by atoms with Crippen molar-refractivity contribution in [3.05, 3.63) is 18.6 Å². The van der Waals surface area contributed by atoms with E-state index in [4.69, 9.17) is 19.7 Å². The zero-order valence-electron chi connectivity index (χ0n) is 22.5. The van der Waals surface area contributed by atoms with E-state index >= 15 is 0 Å². The highest BCUT2D eigenvalue weighted by Crippen LogP contribution is 2.37. The Hall–Kier alpha value is -2.76. The molecule has 1 saturated carbocycles. The largest absolute Gasteiger partial charge is 0.443 e. The van der Waals surface area contributed by atoms with Crippen molar-refractivity contribution in [3.8, 4) is 0 Å². The van der Waals surface area contributed by atoms with E-state index in [1.165, 1.54) is 20.2 Å². The number of fused-ring (bicyclic) bond motifs is 1. The lowest BCUT2D eigenvalue weighted by molar-refractivity contribution is -0.127. The second-order valence-corrected chi connectivity index (χ2v) is 11.5. The molecule has 2 amide bonds. The predicted molar refractivity (Wildman–Crippen MR) is 134 cm³/mol. The van der Waals surface area contributed by atoms with Gasteiger partial charge in [0, 0.05) is 18.8 Å².